The Balaban J connectivity index is 2.33. The third kappa shape index (κ3) is 2.90. The van der Waals surface area contributed by atoms with Crippen molar-refractivity contribution >= 4 is 17.1 Å². The lowest BCUT2D eigenvalue weighted by molar-refractivity contribution is 0.0970. The summed E-state index contributed by atoms with van der Waals surface area (Å²) in [5.74, 6) is -0.121. The molecule has 0 N–H and O–H groups in total. The molecule has 2 heterocycles. The van der Waals surface area contributed by atoms with Gasteiger partial charge in [0.1, 0.15) is 0 Å². The van der Waals surface area contributed by atoms with E-state index in [1.54, 1.807) is 13.0 Å². The van der Waals surface area contributed by atoms with Crippen molar-refractivity contribution in [2.75, 3.05) is 7.11 Å². The molecule has 0 atom stereocenters. The molecule has 0 saturated heterocycles. The molecule has 0 unspecified atom stereocenters. The lowest BCUT2D eigenvalue weighted by Crippen LogP contribution is -2.26. The highest BCUT2D eigenvalue weighted by atomic mass is 32.1. The Morgan fingerprint density at radius 3 is 2.74 bits per heavy atom. The van der Waals surface area contributed by atoms with Gasteiger partial charge in [0.2, 0.25) is 0 Å². The van der Waals surface area contributed by atoms with Gasteiger partial charge in [-0.1, -0.05) is 0 Å². The van der Waals surface area contributed by atoms with E-state index in [2.05, 4.69) is 4.98 Å². The summed E-state index contributed by atoms with van der Waals surface area (Å²) < 4.78 is 6.29. The number of rotatable bonds is 4. The zero-order valence-electron chi connectivity index (χ0n) is 11.0. The van der Waals surface area contributed by atoms with Crippen molar-refractivity contribution in [2.24, 2.45) is 0 Å². The molecule has 0 spiro atoms. The van der Waals surface area contributed by atoms with Crippen molar-refractivity contribution in [1.82, 2.24) is 9.55 Å². The highest BCUT2D eigenvalue weighted by Crippen LogP contribution is 2.16. The van der Waals surface area contributed by atoms with Gasteiger partial charge < -0.3 is 4.74 Å². The SMILES string of the molecule is COc1nc(C)cc(=O)n1CC(=O)c1ccc(C)s1. The summed E-state index contributed by atoms with van der Waals surface area (Å²) in [7, 11) is 1.43. The maximum Gasteiger partial charge on any atom is 0.299 e. The number of thiophene rings is 1. The minimum absolute atomic E-state index is 0.0603. The summed E-state index contributed by atoms with van der Waals surface area (Å²) in [6.45, 7) is 3.58. The van der Waals surface area contributed by atoms with Crippen LogP contribution in [-0.4, -0.2) is 22.4 Å². The molecule has 19 heavy (non-hydrogen) atoms. The molecule has 0 aliphatic rings. The van der Waals surface area contributed by atoms with E-state index in [9.17, 15) is 9.59 Å². The van der Waals surface area contributed by atoms with E-state index in [0.717, 1.165) is 4.88 Å². The molecular weight excluding hydrogens is 264 g/mol. The first kappa shape index (κ1) is 13.5. The molecule has 0 radical (unpaired) electrons. The number of aromatic nitrogens is 2. The zero-order chi connectivity index (χ0) is 14.0. The van der Waals surface area contributed by atoms with Gasteiger partial charge in [0, 0.05) is 16.6 Å². The minimum Gasteiger partial charge on any atom is -0.468 e. The second-order valence-electron chi connectivity index (χ2n) is 4.14. The number of methoxy groups -OCH3 is 1. The van der Waals surface area contributed by atoms with E-state index in [0.29, 0.717) is 10.6 Å². The summed E-state index contributed by atoms with van der Waals surface area (Å²) in [5, 5.41) is 0. The fourth-order valence-corrected chi connectivity index (χ4v) is 2.50. The van der Waals surface area contributed by atoms with Gasteiger partial charge in [-0.15, -0.1) is 11.3 Å². The van der Waals surface area contributed by atoms with Crippen LogP contribution in [0, 0.1) is 13.8 Å². The van der Waals surface area contributed by atoms with Crippen LogP contribution in [0.25, 0.3) is 0 Å². The summed E-state index contributed by atoms with van der Waals surface area (Å²) >= 11 is 1.41. The van der Waals surface area contributed by atoms with Gasteiger partial charge in [0.15, 0.2) is 5.78 Å². The number of carbonyl (C=O) groups is 1. The average molecular weight is 278 g/mol. The van der Waals surface area contributed by atoms with E-state index in [4.69, 9.17) is 4.74 Å². The number of aryl methyl sites for hydroxylation is 2. The monoisotopic (exact) mass is 278 g/mol. The van der Waals surface area contributed by atoms with Crippen molar-refractivity contribution in [3.63, 3.8) is 0 Å². The van der Waals surface area contributed by atoms with E-state index in [1.165, 1.54) is 29.1 Å². The van der Waals surface area contributed by atoms with Crippen LogP contribution in [0.3, 0.4) is 0 Å². The van der Waals surface area contributed by atoms with E-state index in [1.807, 2.05) is 13.0 Å². The van der Waals surface area contributed by atoms with E-state index < -0.39 is 0 Å². The van der Waals surface area contributed by atoms with Crippen molar-refractivity contribution < 1.29 is 9.53 Å². The van der Waals surface area contributed by atoms with Crippen LogP contribution in [-0.2, 0) is 6.54 Å². The number of hydrogen-bond acceptors (Lipinski definition) is 5. The number of ketones is 1. The first-order valence-corrected chi connectivity index (χ1v) is 6.55. The number of hydrogen-bond donors (Lipinski definition) is 0. The van der Waals surface area contributed by atoms with E-state index >= 15 is 0 Å². The third-order valence-electron chi connectivity index (χ3n) is 2.60. The Kier molecular flexibility index (Phi) is 3.80. The highest BCUT2D eigenvalue weighted by Gasteiger charge is 2.14. The summed E-state index contributed by atoms with van der Waals surface area (Å²) in [6.07, 6.45) is 0. The van der Waals surface area contributed by atoms with Crippen molar-refractivity contribution in [2.45, 2.75) is 20.4 Å². The first-order valence-electron chi connectivity index (χ1n) is 5.73. The Labute approximate surface area is 114 Å². The molecular formula is C13H14N2O3S. The predicted octanol–water partition coefficient (Wildman–Crippen LogP) is 1.81. The highest BCUT2D eigenvalue weighted by molar-refractivity contribution is 7.14. The molecule has 0 saturated carbocycles. The predicted molar refractivity (Wildman–Crippen MR) is 73.2 cm³/mol. The van der Waals surface area contributed by atoms with Crippen LogP contribution in [0.1, 0.15) is 20.2 Å². The summed E-state index contributed by atoms with van der Waals surface area (Å²) in [4.78, 5) is 29.8. The molecule has 0 amide bonds. The van der Waals surface area contributed by atoms with Gasteiger partial charge in [-0.05, 0) is 26.0 Å². The number of ether oxygens (including phenoxy) is 1. The molecule has 0 aromatic carbocycles. The number of nitrogens with zero attached hydrogens (tertiary/aromatic N) is 2. The maximum atomic E-state index is 12.1. The van der Waals surface area contributed by atoms with Gasteiger partial charge in [0.25, 0.3) is 11.6 Å². The third-order valence-corrected chi connectivity index (χ3v) is 3.64. The largest absolute Gasteiger partial charge is 0.468 e. The van der Waals surface area contributed by atoms with Crippen molar-refractivity contribution in [3.8, 4) is 6.01 Å². The number of carbonyl (C=O) groups excluding carboxylic acids is 1. The first-order chi connectivity index (χ1) is 9.01. The van der Waals surface area contributed by atoms with Gasteiger partial charge in [-0.25, -0.2) is 4.98 Å². The Hall–Kier alpha value is -1.95. The topological polar surface area (TPSA) is 61.2 Å². The fourth-order valence-electron chi connectivity index (χ4n) is 1.70. The second-order valence-corrected chi connectivity index (χ2v) is 5.43. The van der Waals surface area contributed by atoms with Crippen LogP contribution in [0.15, 0.2) is 23.0 Å². The molecule has 2 aromatic rings. The average Bonchev–Trinajstić information content (AvgIpc) is 2.78. The zero-order valence-corrected chi connectivity index (χ0v) is 11.8. The van der Waals surface area contributed by atoms with Crippen LogP contribution >= 0.6 is 11.3 Å². The van der Waals surface area contributed by atoms with Gasteiger partial charge in [-0.3, -0.25) is 14.2 Å². The van der Waals surface area contributed by atoms with Crippen LogP contribution in [0.5, 0.6) is 6.01 Å². The smallest absolute Gasteiger partial charge is 0.299 e. The standard InChI is InChI=1S/C13H14N2O3S/c1-8-6-12(17)15(13(14-8)18-3)7-10(16)11-5-4-9(2)19-11/h4-6H,7H2,1-3H3. The molecule has 2 rings (SSSR count). The molecule has 0 aliphatic carbocycles. The Bertz CT molecular complexity index is 673. The van der Waals surface area contributed by atoms with Gasteiger partial charge >= 0.3 is 0 Å². The molecule has 6 heteroatoms. The quantitative estimate of drug-likeness (QED) is 0.800. The number of Topliss-reactive ketones (excluding diaryl/α,β-unsaturated/α-hetero) is 1. The van der Waals surface area contributed by atoms with Gasteiger partial charge in [-0.2, -0.15) is 0 Å². The molecule has 5 nitrogen and oxygen atoms in total. The molecule has 0 bridgehead atoms. The summed E-state index contributed by atoms with van der Waals surface area (Å²) in [5.41, 5.74) is 0.281. The molecule has 2 aromatic heterocycles. The van der Waals surface area contributed by atoms with Crippen LogP contribution in [0.2, 0.25) is 0 Å². The lowest BCUT2D eigenvalue weighted by Gasteiger charge is -2.09. The van der Waals surface area contributed by atoms with Gasteiger partial charge in [0.05, 0.1) is 18.5 Å². The van der Waals surface area contributed by atoms with E-state index in [-0.39, 0.29) is 23.9 Å². The maximum absolute atomic E-state index is 12.1. The molecule has 0 aliphatic heterocycles. The Morgan fingerprint density at radius 1 is 1.42 bits per heavy atom. The van der Waals surface area contributed by atoms with Crippen LogP contribution < -0.4 is 10.3 Å². The van der Waals surface area contributed by atoms with Crippen LogP contribution in [0.4, 0.5) is 0 Å². The lowest BCUT2D eigenvalue weighted by atomic mass is 10.3. The Morgan fingerprint density at radius 2 is 2.16 bits per heavy atom. The van der Waals surface area contributed by atoms with Crippen molar-refractivity contribution in [3.05, 3.63) is 44.0 Å². The second kappa shape index (κ2) is 5.36. The summed E-state index contributed by atoms with van der Waals surface area (Å²) in [6, 6.07) is 5.19. The van der Waals surface area contributed by atoms with Crippen molar-refractivity contribution in [1.29, 1.82) is 0 Å². The molecule has 0 fully saturated rings. The molecule has 100 valence electrons. The fraction of sp³-hybridized carbons (Fsp3) is 0.308. The normalized spacial score (nSPS) is 10.5. The minimum atomic E-state index is -0.286.